The Labute approximate surface area is 162 Å². The molecule has 1 saturated carbocycles. The molecule has 1 aromatic heterocycles. The summed E-state index contributed by atoms with van der Waals surface area (Å²) < 4.78 is 20.6. The van der Waals surface area contributed by atoms with Crippen LogP contribution in [0.5, 0.6) is 0 Å². The number of hydrogen-bond donors (Lipinski definition) is 1. The fourth-order valence-corrected chi connectivity index (χ4v) is 6.38. The number of pyridine rings is 1. The van der Waals surface area contributed by atoms with E-state index >= 15 is 0 Å². The van der Waals surface area contributed by atoms with Gasteiger partial charge < -0.3 is 9.63 Å². The highest BCUT2D eigenvalue weighted by molar-refractivity contribution is 7.67. The predicted molar refractivity (Wildman–Crippen MR) is 109 cm³/mol. The third-order valence-corrected chi connectivity index (χ3v) is 8.24. The number of benzene rings is 1. The normalized spacial score (nSPS) is 26.5. The van der Waals surface area contributed by atoms with Crippen LogP contribution in [0, 0.1) is 17.8 Å². The van der Waals surface area contributed by atoms with Crippen LogP contribution in [0.1, 0.15) is 51.4 Å². The van der Waals surface area contributed by atoms with Crippen LogP contribution in [0.3, 0.4) is 0 Å². The quantitative estimate of drug-likeness (QED) is 0.696. The summed E-state index contributed by atoms with van der Waals surface area (Å²) in [5.74, 6) is 0.132. The Balaban J connectivity index is 1.98. The van der Waals surface area contributed by atoms with Crippen molar-refractivity contribution >= 4 is 12.7 Å². The maximum absolute atomic E-state index is 14.2. The number of aromatic nitrogens is 1. The molecule has 0 amide bonds. The maximum Gasteiger partial charge on any atom is 0.264 e. The first kappa shape index (κ1) is 20.3. The third-order valence-electron chi connectivity index (χ3n) is 5.70. The van der Waals surface area contributed by atoms with Gasteiger partial charge in [0.1, 0.15) is 0 Å². The van der Waals surface area contributed by atoms with E-state index < -0.39 is 13.2 Å². The van der Waals surface area contributed by atoms with Gasteiger partial charge in [-0.05, 0) is 60.4 Å². The second-order valence-electron chi connectivity index (χ2n) is 8.06. The number of nitrogens with zero attached hydrogens (tertiary/aromatic N) is 1. The molecule has 0 aliphatic heterocycles. The standard InChI is InChI=1S/C22H30NO3P/c1-16(2)20-10-9-17(3)15-21(20)26-27(25,19-7-5-4-6-8-19)22(24)18-11-13-23-14-12-18/h4-8,11-14,16-17,20-22,24H,9-10,15H2,1-3H3/t17-,20-,21-,22-,27-/m1/s1. The van der Waals surface area contributed by atoms with Crippen molar-refractivity contribution in [2.24, 2.45) is 17.8 Å². The zero-order valence-electron chi connectivity index (χ0n) is 16.4. The van der Waals surface area contributed by atoms with Crippen LogP contribution in [-0.4, -0.2) is 16.2 Å². The van der Waals surface area contributed by atoms with E-state index in [1.165, 1.54) is 6.42 Å². The van der Waals surface area contributed by atoms with Gasteiger partial charge in [0, 0.05) is 17.7 Å². The zero-order valence-corrected chi connectivity index (χ0v) is 17.3. The monoisotopic (exact) mass is 387 g/mol. The molecule has 5 atom stereocenters. The summed E-state index contributed by atoms with van der Waals surface area (Å²) in [6.07, 6.45) is 6.22. The molecule has 1 fully saturated rings. The van der Waals surface area contributed by atoms with Gasteiger partial charge in [-0.25, -0.2) is 0 Å². The molecule has 0 radical (unpaired) electrons. The molecule has 4 nitrogen and oxygen atoms in total. The molecule has 0 spiro atoms. The lowest BCUT2D eigenvalue weighted by atomic mass is 9.75. The van der Waals surface area contributed by atoms with Crippen molar-refractivity contribution in [3.8, 4) is 0 Å². The van der Waals surface area contributed by atoms with E-state index in [0.717, 1.165) is 12.8 Å². The van der Waals surface area contributed by atoms with Gasteiger partial charge in [-0.15, -0.1) is 0 Å². The van der Waals surface area contributed by atoms with Gasteiger partial charge in [-0.2, -0.15) is 0 Å². The van der Waals surface area contributed by atoms with Crippen LogP contribution in [-0.2, 0) is 9.09 Å². The van der Waals surface area contributed by atoms with Gasteiger partial charge >= 0.3 is 0 Å². The zero-order chi connectivity index (χ0) is 19.4. The van der Waals surface area contributed by atoms with Gasteiger partial charge in [0.2, 0.25) is 0 Å². The average molecular weight is 387 g/mol. The van der Waals surface area contributed by atoms with Crippen LogP contribution in [0.4, 0.5) is 0 Å². The van der Waals surface area contributed by atoms with Crippen molar-refractivity contribution < 1.29 is 14.2 Å². The summed E-state index contributed by atoms with van der Waals surface area (Å²) in [4.78, 5) is 4.00. The molecule has 0 unspecified atom stereocenters. The minimum atomic E-state index is -3.53. The van der Waals surface area contributed by atoms with Gasteiger partial charge in [0.05, 0.1) is 6.10 Å². The van der Waals surface area contributed by atoms with Gasteiger partial charge in [-0.3, -0.25) is 9.55 Å². The van der Waals surface area contributed by atoms with Crippen LogP contribution in [0.15, 0.2) is 54.9 Å². The summed E-state index contributed by atoms with van der Waals surface area (Å²) in [5, 5.41) is 11.7. The highest BCUT2D eigenvalue weighted by Gasteiger charge is 2.42. The van der Waals surface area contributed by atoms with E-state index in [2.05, 4.69) is 25.8 Å². The first-order valence-corrected chi connectivity index (χ1v) is 11.5. The molecule has 0 bridgehead atoms. The SMILES string of the molecule is CC(C)[C@H]1CC[C@@H](C)C[C@H]1O[P@](=O)(c1ccccc1)[C@@H](O)c1ccncc1. The van der Waals surface area contributed by atoms with Crippen molar-refractivity contribution in [2.45, 2.75) is 52.0 Å². The second kappa shape index (κ2) is 8.68. The molecule has 3 rings (SSSR count). The van der Waals surface area contributed by atoms with Crippen molar-refractivity contribution in [2.75, 3.05) is 0 Å². The first-order chi connectivity index (χ1) is 12.9. The van der Waals surface area contributed by atoms with Crippen molar-refractivity contribution in [1.82, 2.24) is 4.98 Å². The Kier molecular flexibility index (Phi) is 6.52. The van der Waals surface area contributed by atoms with Crippen LogP contribution < -0.4 is 5.30 Å². The largest absolute Gasteiger partial charge is 0.378 e. The van der Waals surface area contributed by atoms with E-state index in [1.54, 1.807) is 36.7 Å². The van der Waals surface area contributed by atoms with Crippen LogP contribution in [0.2, 0.25) is 0 Å². The van der Waals surface area contributed by atoms with E-state index in [0.29, 0.717) is 28.6 Å². The topological polar surface area (TPSA) is 59.4 Å². The van der Waals surface area contributed by atoms with Gasteiger partial charge in [0.15, 0.2) is 5.85 Å². The minimum Gasteiger partial charge on any atom is -0.378 e. The fourth-order valence-electron chi connectivity index (χ4n) is 4.06. The van der Waals surface area contributed by atoms with E-state index in [4.69, 9.17) is 4.52 Å². The average Bonchev–Trinajstić information content (AvgIpc) is 2.68. The number of aliphatic hydroxyl groups excluding tert-OH is 1. The lowest BCUT2D eigenvalue weighted by Crippen LogP contribution is -2.35. The highest BCUT2D eigenvalue weighted by Crippen LogP contribution is 2.60. The summed E-state index contributed by atoms with van der Waals surface area (Å²) in [6, 6.07) is 12.6. The van der Waals surface area contributed by atoms with E-state index in [9.17, 15) is 9.67 Å². The lowest BCUT2D eigenvalue weighted by molar-refractivity contribution is 0.0427. The third kappa shape index (κ3) is 4.51. The summed E-state index contributed by atoms with van der Waals surface area (Å²) in [5.41, 5.74) is 0.571. The Morgan fingerprint density at radius 1 is 1.11 bits per heavy atom. The molecule has 1 aliphatic rings. The van der Waals surface area contributed by atoms with Gasteiger partial charge in [-0.1, -0.05) is 45.4 Å². The molecule has 5 heteroatoms. The smallest absolute Gasteiger partial charge is 0.264 e. The predicted octanol–water partition coefficient (Wildman–Crippen LogP) is 5.15. The van der Waals surface area contributed by atoms with Crippen molar-refractivity contribution in [3.63, 3.8) is 0 Å². The second-order valence-corrected chi connectivity index (χ2v) is 10.5. The molecule has 1 heterocycles. The Morgan fingerprint density at radius 2 is 1.78 bits per heavy atom. The van der Waals surface area contributed by atoms with E-state index in [-0.39, 0.29) is 6.10 Å². The molecular weight excluding hydrogens is 357 g/mol. The summed E-state index contributed by atoms with van der Waals surface area (Å²) >= 11 is 0. The molecule has 1 aromatic carbocycles. The number of aliphatic hydroxyl groups is 1. The lowest BCUT2D eigenvalue weighted by Gasteiger charge is -2.39. The molecule has 146 valence electrons. The van der Waals surface area contributed by atoms with E-state index in [1.807, 2.05) is 18.2 Å². The molecule has 1 aliphatic carbocycles. The Bertz CT molecular complexity index is 766. The fraction of sp³-hybridized carbons (Fsp3) is 0.500. The molecular formula is C22H30NO3P. The number of rotatable bonds is 6. The van der Waals surface area contributed by atoms with Crippen molar-refractivity contribution in [1.29, 1.82) is 0 Å². The van der Waals surface area contributed by atoms with Crippen LogP contribution in [0.25, 0.3) is 0 Å². The molecule has 2 aromatic rings. The summed E-state index contributed by atoms with van der Waals surface area (Å²) in [7, 11) is -3.53. The maximum atomic E-state index is 14.2. The molecule has 0 saturated heterocycles. The summed E-state index contributed by atoms with van der Waals surface area (Å²) in [6.45, 7) is 6.62. The van der Waals surface area contributed by atoms with Gasteiger partial charge in [0.25, 0.3) is 7.37 Å². The first-order valence-electron chi connectivity index (χ1n) is 9.83. The Hall–Kier alpha value is -1.48. The van der Waals surface area contributed by atoms with Crippen LogP contribution >= 0.6 is 7.37 Å². The number of hydrogen-bond acceptors (Lipinski definition) is 4. The minimum absolute atomic E-state index is 0.115. The Morgan fingerprint density at radius 3 is 2.41 bits per heavy atom. The molecule has 1 N–H and O–H groups in total. The highest BCUT2D eigenvalue weighted by atomic mass is 31.2. The van der Waals surface area contributed by atoms with Crippen molar-refractivity contribution in [3.05, 3.63) is 60.4 Å². The molecule has 27 heavy (non-hydrogen) atoms.